The van der Waals surface area contributed by atoms with Crippen molar-refractivity contribution in [2.24, 2.45) is 5.92 Å². The van der Waals surface area contributed by atoms with Crippen LogP contribution in [0.3, 0.4) is 0 Å². The van der Waals surface area contributed by atoms with Crippen LogP contribution in [0.4, 0.5) is 5.69 Å². The summed E-state index contributed by atoms with van der Waals surface area (Å²) < 4.78 is 7.29. The molecule has 1 aliphatic carbocycles. The summed E-state index contributed by atoms with van der Waals surface area (Å²) >= 11 is 0. The van der Waals surface area contributed by atoms with Gasteiger partial charge in [-0.1, -0.05) is 70.0 Å². The Hall–Kier alpha value is -2.89. The highest BCUT2D eigenvalue weighted by Crippen LogP contribution is 2.31. The molecular weight excluding hydrogens is 388 g/mol. The van der Waals surface area contributed by atoms with Gasteiger partial charge in [0.2, 0.25) is 0 Å². The second kappa shape index (κ2) is 8.69. The lowest BCUT2D eigenvalue weighted by molar-refractivity contribution is 0.101. The number of rotatable bonds is 6. The quantitative estimate of drug-likeness (QED) is 0.581. The number of carbonyl (C=O) groups is 1. The minimum Gasteiger partial charge on any atom is -0.360 e. The Balaban J connectivity index is 1.41. The van der Waals surface area contributed by atoms with Crippen LogP contribution in [0.25, 0.3) is 0 Å². The van der Waals surface area contributed by atoms with Crippen molar-refractivity contribution in [3.8, 4) is 0 Å². The lowest BCUT2D eigenvalue weighted by atomic mass is 9.84. The van der Waals surface area contributed by atoms with E-state index in [1.807, 2.05) is 10.9 Å². The predicted molar refractivity (Wildman–Crippen MR) is 121 cm³/mol. The molecule has 0 aliphatic heterocycles. The van der Waals surface area contributed by atoms with Gasteiger partial charge in [0.05, 0.1) is 18.4 Å². The number of amides is 1. The Morgan fingerprint density at radius 1 is 1.26 bits per heavy atom. The van der Waals surface area contributed by atoms with Crippen LogP contribution in [0, 0.1) is 5.92 Å². The number of nitrogens with zero attached hydrogens (tertiary/aromatic N) is 3. The number of hydrogen-bond acceptors (Lipinski definition) is 4. The molecule has 0 spiro atoms. The maximum atomic E-state index is 12.8. The van der Waals surface area contributed by atoms with E-state index in [1.165, 1.54) is 17.5 Å². The molecule has 1 amide bonds. The number of fused-ring (bicyclic) bond motifs is 1. The van der Waals surface area contributed by atoms with E-state index in [4.69, 9.17) is 4.52 Å². The Morgan fingerprint density at radius 2 is 2.03 bits per heavy atom. The van der Waals surface area contributed by atoms with E-state index in [0.29, 0.717) is 23.8 Å². The monoisotopic (exact) mass is 420 g/mol. The number of nitrogens with one attached hydrogen (secondary N) is 1. The highest BCUT2D eigenvalue weighted by Gasteiger charge is 2.28. The summed E-state index contributed by atoms with van der Waals surface area (Å²) in [4.78, 5) is 12.8. The van der Waals surface area contributed by atoms with Gasteiger partial charge >= 0.3 is 0 Å². The summed E-state index contributed by atoms with van der Waals surface area (Å²) in [6.07, 6.45) is 8.71. The summed E-state index contributed by atoms with van der Waals surface area (Å²) in [5.41, 5.74) is 4.67. The zero-order valence-electron chi connectivity index (χ0n) is 18.9. The van der Waals surface area contributed by atoms with Gasteiger partial charge in [0.25, 0.3) is 5.91 Å². The van der Waals surface area contributed by atoms with Crippen molar-refractivity contribution in [2.45, 2.75) is 71.8 Å². The fraction of sp³-hybridized carbons (Fsp3) is 0.480. The van der Waals surface area contributed by atoms with Crippen molar-refractivity contribution in [3.63, 3.8) is 0 Å². The number of aryl methyl sites for hydroxylation is 1. The van der Waals surface area contributed by atoms with Gasteiger partial charge in [0, 0.05) is 18.2 Å². The highest BCUT2D eigenvalue weighted by atomic mass is 16.5. The molecule has 31 heavy (non-hydrogen) atoms. The van der Waals surface area contributed by atoms with Gasteiger partial charge in [-0.15, -0.1) is 0 Å². The molecule has 2 heterocycles. The first-order chi connectivity index (χ1) is 14.8. The second-order valence-electron chi connectivity index (χ2n) is 9.66. The molecule has 0 bridgehead atoms. The van der Waals surface area contributed by atoms with Crippen LogP contribution in [0.1, 0.15) is 79.9 Å². The minimum absolute atomic E-state index is 0.137. The maximum absolute atomic E-state index is 12.8. The topological polar surface area (TPSA) is 73.0 Å². The minimum atomic E-state index is -0.226. The highest BCUT2D eigenvalue weighted by molar-refractivity contribution is 6.03. The van der Waals surface area contributed by atoms with Crippen LogP contribution in [0.5, 0.6) is 0 Å². The number of benzene rings is 1. The number of anilines is 1. The summed E-state index contributed by atoms with van der Waals surface area (Å²) in [7, 11) is 0. The van der Waals surface area contributed by atoms with Crippen LogP contribution >= 0.6 is 0 Å². The van der Waals surface area contributed by atoms with E-state index in [0.717, 1.165) is 37.0 Å². The molecule has 1 aromatic carbocycles. The molecule has 0 saturated carbocycles. The van der Waals surface area contributed by atoms with Crippen molar-refractivity contribution in [1.82, 2.24) is 14.9 Å². The molecule has 0 saturated heterocycles. The number of hydrogen-bond donors (Lipinski definition) is 1. The molecule has 6 heteroatoms. The smallest absolute Gasteiger partial charge is 0.278 e. The summed E-state index contributed by atoms with van der Waals surface area (Å²) in [5.74, 6) is 1.25. The van der Waals surface area contributed by atoms with E-state index in [-0.39, 0.29) is 11.3 Å². The lowest BCUT2D eigenvalue weighted by Gasteiger charge is -2.20. The molecule has 6 nitrogen and oxygen atoms in total. The van der Waals surface area contributed by atoms with E-state index in [9.17, 15) is 4.79 Å². The Morgan fingerprint density at radius 3 is 2.74 bits per heavy atom. The van der Waals surface area contributed by atoms with Crippen molar-refractivity contribution in [1.29, 1.82) is 0 Å². The molecule has 0 radical (unpaired) electrons. The summed E-state index contributed by atoms with van der Waals surface area (Å²) in [6.45, 7) is 9.48. The number of aromatic nitrogens is 3. The molecular formula is C25H32N4O2. The third kappa shape index (κ3) is 4.89. The van der Waals surface area contributed by atoms with E-state index >= 15 is 0 Å². The standard InChI is InChI=1S/C25H32N4O2/c1-5-6-17-9-12-22-21(13-17)23(28-31-22)24(30)27-20-14-26-29(16-20)15-18-7-10-19(11-8-18)25(2,3)4/h7-8,10-11,14,16-17H,5-6,9,12-13,15H2,1-4H3,(H,27,30). The molecule has 3 aromatic rings. The van der Waals surface area contributed by atoms with Gasteiger partial charge in [-0.3, -0.25) is 9.48 Å². The van der Waals surface area contributed by atoms with Crippen molar-refractivity contribution in [2.75, 3.05) is 5.32 Å². The molecule has 1 N–H and O–H groups in total. The van der Waals surface area contributed by atoms with Crippen molar-refractivity contribution < 1.29 is 9.32 Å². The maximum Gasteiger partial charge on any atom is 0.278 e. The van der Waals surface area contributed by atoms with Gasteiger partial charge in [-0.2, -0.15) is 5.10 Å². The zero-order chi connectivity index (χ0) is 22.0. The molecule has 164 valence electrons. The SMILES string of the molecule is CCCC1CCc2onc(C(=O)Nc3cnn(Cc4ccc(C(C)(C)C)cc4)c3)c2C1. The lowest BCUT2D eigenvalue weighted by Crippen LogP contribution is -2.18. The van der Waals surface area contributed by atoms with Crippen LogP contribution in [-0.4, -0.2) is 20.8 Å². The van der Waals surface area contributed by atoms with Crippen LogP contribution < -0.4 is 5.32 Å². The first kappa shape index (κ1) is 21.3. The molecule has 0 fully saturated rings. The van der Waals surface area contributed by atoms with Crippen LogP contribution in [0.15, 0.2) is 41.2 Å². The van der Waals surface area contributed by atoms with E-state index in [1.54, 1.807) is 6.20 Å². The van der Waals surface area contributed by atoms with Gasteiger partial charge in [-0.25, -0.2) is 0 Å². The molecule has 2 aromatic heterocycles. The largest absolute Gasteiger partial charge is 0.360 e. The predicted octanol–water partition coefficient (Wildman–Crippen LogP) is 5.37. The second-order valence-corrected chi connectivity index (χ2v) is 9.66. The third-order valence-electron chi connectivity index (χ3n) is 6.11. The first-order valence-corrected chi connectivity index (χ1v) is 11.2. The summed E-state index contributed by atoms with van der Waals surface area (Å²) in [5, 5.41) is 11.4. The normalized spacial score (nSPS) is 16.2. The van der Waals surface area contributed by atoms with Gasteiger partial charge < -0.3 is 9.84 Å². The van der Waals surface area contributed by atoms with E-state index < -0.39 is 0 Å². The van der Waals surface area contributed by atoms with Gasteiger partial charge in [0.1, 0.15) is 5.76 Å². The fourth-order valence-corrected chi connectivity index (χ4v) is 4.31. The third-order valence-corrected chi connectivity index (χ3v) is 6.11. The van der Waals surface area contributed by atoms with Crippen molar-refractivity contribution in [3.05, 3.63) is 64.8 Å². The Labute approximate surface area is 184 Å². The summed E-state index contributed by atoms with van der Waals surface area (Å²) in [6, 6.07) is 8.60. The van der Waals surface area contributed by atoms with Crippen LogP contribution in [-0.2, 0) is 24.8 Å². The first-order valence-electron chi connectivity index (χ1n) is 11.2. The molecule has 4 rings (SSSR count). The zero-order valence-corrected chi connectivity index (χ0v) is 18.9. The molecule has 1 aliphatic rings. The molecule has 1 atom stereocenters. The average molecular weight is 421 g/mol. The Kier molecular flexibility index (Phi) is 5.99. The van der Waals surface area contributed by atoms with Crippen LogP contribution in [0.2, 0.25) is 0 Å². The molecule has 1 unspecified atom stereocenters. The number of carbonyl (C=O) groups excluding carboxylic acids is 1. The van der Waals surface area contributed by atoms with Gasteiger partial charge in [0.15, 0.2) is 5.69 Å². The van der Waals surface area contributed by atoms with Gasteiger partial charge in [-0.05, 0) is 35.3 Å². The Bertz CT molecular complexity index is 1040. The van der Waals surface area contributed by atoms with Crippen molar-refractivity contribution >= 4 is 11.6 Å². The fourth-order valence-electron chi connectivity index (χ4n) is 4.31. The average Bonchev–Trinajstić information content (AvgIpc) is 3.34. The van der Waals surface area contributed by atoms with E-state index in [2.05, 4.69) is 67.5 Å².